The van der Waals surface area contributed by atoms with E-state index in [0.717, 1.165) is 12.5 Å². The number of hydrogen-bond donors (Lipinski definition) is 2. The van der Waals surface area contributed by atoms with Gasteiger partial charge < -0.3 is 10.1 Å². The van der Waals surface area contributed by atoms with E-state index in [2.05, 4.69) is 4.98 Å². The average Bonchev–Trinajstić information content (AvgIpc) is 2.85. The maximum Gasteiger partial charge on any atom is 0.352 e. The van der Waals surface area contributed by atoms with Gasteiger partial charge in [-0.25, -0.2) is 13.2 Å². The molecule has 100 valence electrons. The molecule has 2 N–H and O–H groups in total. The van der Waals surface area contributed by atoms with Crippen molar-refractivity contribution in [2.24, 2.45) is 5.92 Å². The number of nitrogens with one attached hydrogen (secondary N) is 1. The first-order valence-corrected chi connectivity index (χ1v) is 7.20. The van der Waals surface area contributed by atoms with Crippen molar-refractivity contribution in [3.8, 4) is 0 Å². The summed E-state index contributed by atoms with van der Waals surface area (Å²) in [5, 5.41) is 8.78. The Balaban J connectivity index is 2.33. The Hall–Kier alpha value is -1.34. The number of carboxylic acid groups (broad SMARTS) is 1. The lowest BCUT2D eigenvalue weighted by Gasteiger charge is -2.19. The summed E-state index contributed by atoms with van der Waals surface area (Å²) in [5.74, 6) is -0.841. The minimum Gasteiger partial charge on any atom is -0.477 e. The van der Waals surface area contributed by atoms with E-state index in [0.29, 0.717) is 12.5 Å². The van der Waals surface area contributed by atoms with Gasteiger partial charge in [-0.05, 0) is 25.3 Å². The van der Waals surface area contributed by atoms with Gasteiger partial charge in [0, 0.05) is 18.8 Å². The lowest BCUT2D eigenvalue weighted by molar-refractivity contribution is 0.0691. The number of sulfonamides is 1. The van der Waals surface area contributed by atoms with Gasteiger partial charge in [-0.2, -0.15) is 4.31 Å². The molecular formula is C11H16N2O4S. The molecule has 0 amide bonds. The fraction of sp³-hybridized carbons (Fsp3) is 0.545. The molecule has 2 unspecified atom stereocenters. The summed E-state index contributed by atoms with van der Waals surface area (Å²) in [6.07, 6.45) is 2.06. The van der Waals surface area contributed by atoms with Gasteiger partial charge in [-0.1, -0.05) is 6.92 Å². The summed E-state index contributed by atoms with van der Waals surface area (Å²) in [5.41, 5.74) is -0.117. The average molecular weight is 272 g/mol. The number of carbonyl (C=O) groups is 1. The zero-order valence-electron chi connectivity index (χ0n) is 10.3. The first-order valence-electron chi connectivity index (χ1n) is 5.76. The number of rotatable bonds is 3. The summed E-state index contributed by atoms with van der Waals surface area (Å²) in [6, 6.07) is 1.11. The van der Waals surface area contributed by atoms with Crippen LogP contribution in [0.4, 0.5) is 0 Å². The summed E-state index contributed by atoms with van der Waals surface area (Å²) < 4.78 is 26.1. The van der Waals surface area contributed by atoms with Crippen LogP contribution in [0.5, 0.6) is 0 Å². The van der Waals surface area contributed by atoms with Crippen molar-refractivity contribution >= 4 is 16.0 Å². The van der Waals surface area contributed by atoms with Gasteiger partial charge >= 0.3 is 5.97 Å². The maximum absolute atomic E-state index is 12.3. The van der Waals surface area contributed by atoms with Crippen LogP contribution in [0.3, 0.4) is 0 Å². The van der Waals surface area contributed by atoms with Crippen molar-refractivity contribution in [2.75, 3.05) is 6.54 Å². The second kappa shape index (κ2) is 4.40. The third-order valence-corrected chi connectivity index (χ3v) is 5.18. The Morgan fingerprint density at radius 2 is 2.17 bits per heavy atom. The number of carboxylic acids is 1. The SMILES string of the molecule is CC1CC(C)N(S(=O)(=O)c2c[nH]c(C(=O)O)c2)C1. The quantitative estimate of drug-likeness (QED) is 0.863. The van der Waals surface area contributed by atoms with E-state index in [1.807, 2.05) is 13.8 Å². The van der Waals surface area contributed by atoms with E-state index >= 15 is 0 Å². The number of nitrogens with zero attached hydrogens (tertiary/aromatic N) is 1. The molecule has 7 heteroatoms. The van der Waals surface area contributed by atoms with Gasteiger partial charge in [0.15, 0.2) is 0 Å². The predicted octanol–water partition coefficient (Wildman–Crippen LogP) is 1.13. The van der Waals surface area contributed by atoms with Crippen LogP contribution in [0.15, 0.2) is 17.2 Å². The monoisotopic (exact) mass is 272 g/mol. The van der Waals surface area contributed by atoms with Crippen LogP contribution in [0.2, 0.25) is 0 Å². The molecule has 1 aromatic rings. The highest BCUT2D eigenvalue weighted by molar-refractivity contribution is 7.89. The predicted molar refractivity (Wildman–Crippen MR) is 64.9 cm³/mol. The second-order valence-electron chi connectivity index (χ2n) is 4.82. The molecule has 1 aliphatic rings. The normalized spacial score (nSPS) is 25.4. The van der Waals surface area contributed by atoms with E-state index in [1.165, 1.54) is 10.5 Å². The molecule has 18 heavy (non-hydrogen) atoms. The van der Waals surface area contributed by atoms with Crippen molar-refractivity contribution in [3.05, 3.63) is 18.0 Å². The van der Waals surface area contributed by atoms with Gasteiger partial charge in [-0.3, -0.25) is 0 Å². The highest BCUT2D eigenvalue weighted by Gasteiger charge is 2.36. The summed E-state index contributed by atoms with van der Waals surface area (Å²) in [4.78, 5) is 13.2. The zero-order chi connectivity index (χ0) is 13.5. The van der Waals surface area contributed by atoms with Crippen LogP contribution in [-0.2, 0) is 10.0 Å². The first kappa shape index (κ1) is 13.1. The smallest absolute Gasteiger partial charge is 0.352 e. The van der Waals surface area contributed by atoms with Crippen LogP contribution >= 0.6 is 0 Å². The van der Waals surface area contributed by atoms with Crippen molar-refractivity contribution < 1.29 is 18.3 Å². The van der Waals surface area contributed by atoms with Gasteiger partial charge in [0.2, 0.25) is 10.0 Å². The summed E-state index contributed by atoms with van der Waals surface area (Å²) in [6.45, 7) is 4.36. The Kier molecular flexibility index (Phi) is 3.20. The molecule has 0 aromatic carbocycles. The van der Waals surface area contributed by atoms with E-state index in [9.17, 15) is 13.2 Å². The topological polar surface area (TPSA) is 90.5 Å². The largest absolute Gasteiger partial charge is 0.477 e. The minimum atomic E-state index is -3.59. The molecule has 0 saturated carbocycles. The third-order valence-electron chi connectivity index (χ3n) is 3.22. The standard InChI is InChI=1S/C11H16N2O4S/c1-7-3-8(2)13(6-7)18(16,17)9-4-10(11(14)15)12-5-9/h4-5,7-8,12H,3,6H2,1-2H3,(H,14,15). The van der Waals surface area contributed by atoms with Crippen LogP contribution in [0.1, 0.15) is 30.8 Å². The zero-order valence-corrected chi connectivity index (χ0v) is 11.1. The molecule has 0 bridgehead atoms. The number of hydrogen-bond acceptors (Lipinski definition) is 3. The van der Waals surface area contributed by atoms with Gasteiger partial charge in [-0.15, -0.1) is 0 Å². The van der Waals surface area contributed by atoms with Crippen molar-refractivity contribution in [1.82, 2.24) is 9.29 Å². The van der Waals surface area contributed by atoms with Crippen LogP contribution < -0.4 is 0 Å². The van der Waals surface area contributed by atoms with Crippen molar-refractivity contribution in [3.63, 3.8) is 0 Å². The molecule has 1 fully saturated rings. The van der Waals surface area contributed by atoms with Gasteiger partial charge in [0.1, 0.15) is 10.6 Å². The number of H-pyrrole nitrogens is 1. The van der Waals surface area contributed by atoms with E-state index in [1.54, 1.807) is 0 Å². The van der Waals surface area contributed by atoms with Gasteiger partial charge in [0.25, 0.3) is 0 Å². The highest BCUT2D eigenvalue weighted by Crippen LogP contribution is 2.29. The van der Waals surface area contributed by atoms with Crippen LogP contribution in [0.25, 0.3) is 0 Å². The summed E-state index contributed by atoms with van der Waals surface area (Å²) in [7, 11) is -3.59. The molecule has 0 spiro atoms. The fourth-order valence-corrected chi connectivity index (χ4v) is 4.13. The fourth-order valence-electron chi connectivity index (χ4n) is 2.38. The van der Waals surface area contributed by atoms with E-state index < -0.39 is 16.0 Å². The molecule has 2 atom stereocenters. The molecule has 2 heterocycles. The Labute approximate surface area is 106 Å². The maximum atomic E-state index is 12.3. The molecule has 2 rings (SSSR count). The Morgan fingerprint density at radius 1 is 1.50 bits per heavy atom. The minimum absolute atomic E-state index is 0.0147. The molecule has 0 radical (unpaired) electrons. The Bertz CT molecular complexity index is 563. The number of aromatic carboxylic acids is 1. The summed E-state index contributed by atoms with van der Waals surface area (Å²) >= 11 is 0. The van der Waals surface area contributed by atoms with Crippen molar-refractivity contribution in [2.45, 2.75) is 31.2 Å². The Morgan fingerprint density at radius 3 is 2.61 bits per heavy atom. The molecule has 1 aliphatic heterocycles. The molecule has 6 nitrogen and oxygen atoms in total. The highest BCUT2D eigenvalue weighted by atomic mass is 32.2. The van der Waals surface area contributed by atoms with Gasteiger partial charge in [0.05, 0.1) is 0 Å². The van der Waals surface area contributed by atoms with Crippen LogP contribution in [0, 0.1) is 5.92 Å². The lowest BCUT2D eigenvalue weighted by Crippen LogP contribution is -2.33. The molecule has 1 saturated heterocycles. The lowest BCUT2D eigenvalue weighted by atomic mass is 10.1. The number of aromatic nitrogens is 1. The van der Waals surface area contributed by atoms with E-state index in [4.69, 9.17) is 5.11 Å². The number of aromatic amines is 1. The van der Waals surface area contributed by atoms with E-state index in [-0.39, 0.29) is 16.6 Å². The molecule has 0 aliphatic carbocycles. The van der Waals surface area contributed by atoms with Crippen LogP contribution in [-0.4, -0.2) is 41.4 Å². The molecule has 1 aromatic heterocycles. The second-order valence-corrected chi connectivity index (χ2v) is 6.71. The third kappa shape index (κ3) is 2.15. The van der Waals surface area contributed by atoms with Crippen molar-refractivity contribution in [1.29, 1.82) is 0 Å². The first-order chi connectivity index (χ1) is 8.32. The molecular weight excluding hydrogens is 256 g/mol.